The molecular formula is C14H17N3O2. The molecule has 0 radical (unpaired) electrons. The first kappa shape index (κ1) is 13.3. The lowest BCUT2D eigenvalue weighted by atomic mass is 10.2. The first-order chi connectivity index (χ1) is 9.10. The molecule has 5 heteroatoms. The second-order valence-corrected chi connectivity index (χ2v) is 4.36. The van der Waals surface area contributed by atoms with Gasteiger partial charge in [0.15, 0.2) is 5.69 Å². The van der Waals surface area contributed by atoms with Crippen LogP contribution in [0.2, 0.25) is 0 Å². The second kappa shape index (κ2) is 5.65. The molecule has 0 saturated heterocycles. The van der Waals surface area contributed by atoms with E-state index in [1.807, 2.05) is 32.2 Å². The fraction of sp³-hybridized carbons (Fsp3) is 0.357. The Morgan fingerprint density at radius 2 is 2.16 bits per heavy atom. The zero-order chi connectivity index (χ0) is 13.8. The number of nitrogens with zero attached hydrogens (tertiary/aromatic N) is 3. The molecule has 2 aromatic heterocycles. The van der Waals surface area contributed by atoms with E-state index < -0.39 is 0 Å². The van der Waals surface area contributed by atoms with Gasteiger partial charge in [0, 0.05) is 17.6 Å². The van der Waals surface area contributed by atoms with Crippen molar-refractivity contribution < 1.29 is 9.53 Å². The van der Waals surface area contributed by atoms with E-state index in [-0.39, 0.29) is 5.97 Å². The highest BCUT2D eigenvalue weighted by Gasteiger charge is 2.13. The van der Waals surface area contributed by atoms with Gasteiger partial charge in [-0.05, 0) is 38.5 Å². The molecule has 0 bridgehead atoms. The highest BCUT2D eigenvalue weighted by molar-refractivity contribution is 5.87. The highest BCUT2D eigenvalue weighted by Crippen LogP contribution is 2.08. The minimum absolute atomic E-state index is 0.347. The third kappa shape index (κ3) is 3.19. The summed E-state index contributed by atoms with van der Waals surface area (Å²) in [5.41, 5.74) is 3.29. The largest absolute Gasteiger partial charge is 0.461 e. The van der Waals surface area contributed by atoms with E-state index in [1.165, 1.54) is 0 Å². The number of aromatic nitrogens is 3. The van der Waals surface area contributed by atoms with Gasteiger partial charge in [-0.2, -0.15) is 5.10 Å². The minimum Gasteiger partial charge on any atom is -0.461 e. The van der Waals surface area contributed by atoms with Crippen molar-refractivity contribution in [2.75, 3.05) is 6.61 Å². The van der Waals surface area contributed by atoms with E-state index in [2.05, 4.69) is 10.1 Å². The van der Waals surface area contributed by atoms with Crippen molar-refractivity contribution in [3.8, 4) is 0 Å². The van der Waals surface area contributed by atoms with Crippen molar-refractivity contribution in [1.29, 1.82) is 0 Å². The summed E-state index contributed by atoms with van der Waals surface area (Å²) < 4.78 is 6.71. The molecule has 100 valence electrons. The van der Waals surface area contributed by atoms with E-state index in [0.29, 0.717) is 18.8 Å². The lowest BCUT2D eigenvalue weighted by molar-refractivity contribution is 0.0518. The SMILES string of the molecule is CCOC(=O)c1cc(C)n(Cc2ccc(C)nc2)n1. The van der Waals surface area contributed by atoms with Gasteiger partial charge < -0.3 is 4.74 Å². The zero-order valence-corrected chi connectivity index (χ0v) is 11.4. The van der Waals surface area contributed by atoms with Crippen molar-refractivity contribution in [2.45, 2.75) is 27.3 Å². The monoisotopic (exact) mass is 259 g/mol. The molecule has 0 N–H and O–H groups in total. The van der Waals surface area contributed by atoms with Gasteiger partial charge in [-0.15, -0.1) is 0 Å². The summed E-state index contributed by atoms with van der Waals surface area (Å²) in [6.07, 6.45) is 1.82. The number of aryl methyl sites for hydroxylation is 2. The third-order valence-electron chi connectivity index (χ3n) is 2.77. The smallest absolute Gasteiger partial charge is 0.358 e. The topological polar surface area (TPSA) is 57.0 Å². The number of hydrogen-bond acceptors (Lipinski definition) is 4. The van der Waals surface area contributed by atoms with E-state index in [1.54, 1.807) is 17.7 Å². The average molecular weight is 259 g/mol. The van der Waals surface area contributed by atoms with Gasteiger partial charge in [-0.3, -0.25) is 9.67 Å². The normalized spacial score (nSPS) is 10.5. The number of esters is 1. The van der Waals surface area contributed by atoms with Crippen molar-refractivity contribution in [3.63, 3.8) is 0 Å². The number of rotatable bonds is 4. The average Bonchev–Trinajstić information content (AvgIpc) is 2.74. The summed E-state index contributed by atoms with van der Waals surface area (Å²) in [6, 6.07) is 5.70. The maximum Gasteiger partial charge on any atom is 0.358 e. The summed E-state index contributed by atoms with van der Waals surface area (Å²) in [5, 5.41) is 4.26. The molecule has 0 aliphatic heterocycles. The van der Waals surface area contributed by atoms with E-state index in [9.17, 15) is 4.79 Å². The van der Waals surface area contributed by atoms with E-state index >= 15 is 0 Å². The Morgan fingerprint density at radius 3 is 2.79 bits per heavy atom. The molecular weight excluding hydrogens is 242 g/mol. The summed E-state index contributed by atoms with van der Waals surface area (Å²) in [5.74, 6) is -0.383. The highest BCUT2D eigenvalue weighted by atomic mass is 16.5. The first-order valence-electron chi connectivity index (χ1n) is 6.23. The fourth-order valence-corrected chi connectivity index (χ4v) is 1.74. The van der Waals surface area contributed by atoms with Crippen LogP contribution in [0.25, 0.3) is 0 Å². The number of hydrogen-bond donors (Lipinski definition) is 0. The summed E-state index contributed by atoms with van der Waals surface area (Å²) in [7, 11) is 0. The Morgan fingerprint density at radius 1 is 1.37 bits per heavy atom. The molecule has 2 heterocycles. The van der Waals surface area contributed by atoms with Crippen molar-refractivity contribution >= 4 is 5.97 Å². The molecule has 0 saturated carbocycles. The van der Waals surface area contributed by atoms with Gasteiger partial charge in [-0.25, -0.2) is 4.79 Å². The maximum atomic E-state index is 11.6. The molecule has 0 aromatic carbocycles. The molecule has 0 aliphatic rings. The Hall–Kier alpha value is -2.17. The van der Waals surface area contributed by atoms with Crippen molar-refractivity contribution in [2.24, 2.45) is 0 Å². The van der Waals surface area contributed by atoms with Crippen LogP contribution >= 0.6 is 0 Å². The van der Waals surface area contributed by atoms with Crippen LogP contribution in [0.4, 0.5) is 0 Å². The van der Waals surface area contributed by atoms with Gasteiger partial charge in [0.25, 0.3) is 0 Å². The lowest BCUT2D eigenvalue weighted by Gasteiger charge is -2.04. The van der Waals surface area contributed by atoms with Crippen LogP contribution in [-0.4, -0.2) is 27.3 Å². The van der Waals surface area contributed by atoms with Crippen LogP contribution in [0.15, 0.2) is 24.4 Å². The molecule has 0 fully saturated rings. The van der Waals surface area contributed by atoms with E-state index in [4.69, 9.17) is 4.74 Å². The van der Waals surface area contributed by atoms with Crippen LogP contribution < -0.4 is 0 Å². The Kier molecular flexibility index (Phi) is 3.94. The zero-order valence-electron chi connectivity index (χ0n) is 11.4. The van der Waals surface area contributed by atoms with Gasteiger partial charge in [-0.1, -0.05) is 6.07 Å². The van der Waals surface area contributed by atoms with Crippen molar-refractivity contribution in [3.05, 3.63) is 47.0 Å². The Labute approximate surface area is 112 Å². The molecule has 2 aromatic rings. The molecule has 2 rings (SSSR count). The second-order valence-electron chi connectivity index (χ2n) is 4.36. The van der Waals surface area contributed by atoms with Gasteiger partial charge in [0.05, 0.1) is 13.2 Å². The molecule has 0 atom stereocenters. The summed E-state index contributed by atoms with van der Waals surface area (Å²) in [4.78, 5) is 15.8. The number of pyridine rings is 1. The third-order valence-corrected chi connectivity index (χ3v) is 2.77. The minimum atomic E-state index is -0.383. The molecule has 0 aliphatic carbocycles. The predicted molar refractivity (Wildman–Crippen MR) is 71.0 cm³/mol. The molecule has 19 heavy (non-hydrogen) atoms. The molecule has 0 amide bonds. The van der Waals surface area contributed by atoms with Gasteiger partial charge in [0.2, 0.25) is 0 Å². The van der Waals surface area contributed by atoms with Crippen LogP contribution in [-0.2, 0) is 11.3 Å². The molecule has 5 nitrogen and oxygen atoms in total. The van der Waals surface area contributed by atoms with Crippen LogP contribution in [0, 0.1) is 13.8 Å². The first-order valence-corrected chi connectivity index (χ1v) is 6.23. The van der Waals surface area contributed by atoms with E-state index in [0.717, 1.165) is 17.0 Å². The number of carbonyl (C=O) groups is 1. The van der Waals surface area contributed by atoms with Crippen LogP contribution in [0.3, 0.4) is 0 Å². The maximum absolute atomic E-state index is 11.6. The standard InChI is InChI=1S/C14H17N3O2/c1-4-19-14(18)13-7-11(3)17(16-13)9-12-6-5-10(2)15-8-12/h5-8H,4,9H2,1-3H3. The number of ether oxygens (including phenoxy) is 1. The van der Waals surface area contributed by atoms with Crippen LogP contribution in [0.1, 0.15) is 34.4 Å². The Balaban J connectivity index is 2.17. The lowest BCUT2D eigenvalue weighted by Crippen LogP contribution is -2.08. The Bertz CT molecular complexity index is 573. The van der Waals surface area contributed by atoms with Gasteiger partial charge >= 0.3 is 5.97 Å². The number of carbonyl (C=O) groups excluding carboxylic acids is 1. The van der Waals surface area contributed by atoms with Gasteiger partial charge in [0.1, 0.15) is 0 Å². The summed E-state index contributed by atoms with van der Waals surface area (Å²) in [6.45, 7) is 6.59. The summed E-state index contributed by atoms with van der Waals surface area (Å²) >= 11 is 0. The predicted octanol–water partition coefficient (Wildman–Crippen LogP) is 2.12. The molecule has 0 spiro atoms. The van der Waals surface area contributed by atoms with Crippen molar-refractivity contribution in [1.82, 2.24) is 14.8 Å². The van der Waals surface area contributed by atoms with Crippen LogP contribution in [0.5, 0.6) is 0 Å². The fourth-order valence-electron chi connectivity index (χ4n) is 1.74. The molecule has 0 unspecified atom stereocenters. The quantitative estimate of drug-likeness (QED) is 0.789.